The van der Waals surface area contributed by atoms with E-state index in [-0.39, 0.29) is 5.91 Å². The summed E-state index contributed by atoms with van der Waals surface area (Å²) in [6.45, 7) is 5.15. The first-order valence-electron chi connectivity index (χ1n) is 6.69. The minimum absolute atomic E-state index is 0.0528. The lowest BCUT2D eigenvalue weighted by Crippen LogP contribution is -2.38. The number of hydrogen-bond acceptors (Lipinski definition) is 3. The molecule has 1 aromatic rings. The smallest absolute Gasteiger partial charge is 0.254 e. The molecule has 19 heavy (non-hydrogen) atoms. The summed E-state index contributed by atoms with van der Waals surface area (Å²) in [4.78, 5) is 18.7. The van der Waals surface area contributed by atoms with Crippen LogP contribution >= 0.6 is 11.6 Å². The van der Waals surface area contributed by atoms with Gasteiger partial charge in [-0.15, -0.1) is 0 Å². The maximum Gasteiger partial charge on any atom is 0.254 e. The number of pyridine rings is 1. The molecule has 2 heterocycles. The molecule has 1 fully saturated rings. The average Bonchev–Trinajstić information content (AvgIpc) is 2.86. The molecule has 0 aromatic carbocycles. The Morgan fingerprint density at radius 1 is 1.53 bits per heavy atom. The van der Waals surface area contributed by atoms with E-state index in [4.69, 9.17) is 11.6 Å². The van der Waals surface area contributed by atoms with E-state index in [9.17, 15) is 4.79 Å². The Labute approximate surface area is 119 Å². The van der Waals surface area contributed by atoms with Crippen LogP contribution in [-0.2, 0) is 0 Å². The maximum atomic E-state index is 12.6. The van der Waals surface area contributed by atoms with Gasteiger partial charge in [-0.2, -0.15) is 0 Å². The van der Waals surface area contributed by atoms with Gasteiger partial charge in [0.2, 0.25) is 0 Å². The van der Waals surface area contributed by atoms with Crippen LogP contribution in [0.5, 0.6) is 0 Å². The fourth-order valence-corrected chi connectivity index (χ4v) is 2.86. The molecule has 1 atom stereocenters. The molecular weight excluding hydrogens is 262 g/mol. The first-order chi connectivity index (χ1) is 9.02. The second-order valence-corrected chi connectivity index (χ2v) is 5.65. The normalized spacial score (nSPS) is 19.0. The van der Waals surface area contributed by atoms with Gasteiger partial charge in [0, 0.05) is 25.2 Å². The average molecular weight is 282 g/mol. The van der Waals surface area contributed by atoms with Gasteiger partial charge in [-0.05, 0) is 30.9 Å². The number of amides is 1. The Hall–Kier alpha value is -1.29. The topological polar surface area (TPSA) is 45.2 Å². The SMILES string of the molecule is CNc1cc(C(=O)N2CCCC2C(C)C)cc(Cl)n1. The van der Waals surface area contributed by atoms with E-state index < -0.39 is 0 Å². The summed E-state index contributed by atoms with van der Waals surface area (Å²) in [5.74, 6) is 1.15. The van der Waals surface area contributed by atoms with Gasteiger partial charge in [0.25, 0.3) is 5.91 Å². The van der Waals surface area contributed by atoms with Crippen LogP contribution in [0.15, 0.2) is 12.1 Å². The molecule has 1 amide bonds. The summed E-state index contributed by atoms with van der Waals surface area (Å²) in [5.41, 5.74) is 0.608. The lowest BCUT2D eigenvalue weighted by molar-refractivity contribution is 0.0701. The highest BCUT2D eigenvalue weighted by Crippen LogP contribution is 2.26. The fourth-order valence-electron chi connectivity index (χ4n) is 2.65. The van der Waals surface area contributed by atoms with Crippen molar-refractivity contribution in [3.05, 3.63) is 22.8 Å². The van der Waals surface area contributed by atoms with Crippen molar-refractivity contribution in [3.63, 3.8) is 0 Å². The van der Waals surface area contributed by atoms with Gasteiger partial charge in [-0.25, -0.2) is 4.98 Å². The Kier molecular flexibility index (Phi) is 4.30. The van der Waals surface area contributed by atoms with Crippen LogP contribution in [0.4, 0.5) is 5.82 Å². The molecule has 0 saturated carbocycles. The molecule has 1 aliphatic heterocycles. The Bertz CT molecular complexity index is 476. The number of halogens is 1. The predicted molar refractivity (Wildman–Crippen MR) is 77.7 cm³/mol. The molecule has 5 heteroatoms. The van der Waals surface area contributed by atoms with Gasteiger partial charge in [-0.1, -0.05) is 25.4 Å². The third-order valence-electron chi connectivity index (χ3n) is 3.63. The summed E-state index contributed by atoms with van der Waals surface area (Å²) in [5, 5.41) is 3.26. The van der Waals surface area contributed by atoms with Crippen molar-refractivity contribution in [2.45, 2.75) is 32.7 Å². The molecule has 1 aromatic heterocycles. The number of anilines is 1. The van der Waals surface area contributed by atoms with Crippen molar-refractivity contribution < 1.29 is 4.79 Å². The van der Waals surface area contributed by atoms with Crippen molar-refractivity contribution in [2.24, 2.45) is 5.92 Å². The molecule has 0 radical (unpaired) electrons. The lowest BCUT2D eigenvalue weighted by atomic mass is 10.0. The van der Waals surface area contributed by atoms with Crippen LogP contribution in [0.2, 0.25) is 5.15 Å². The molecule has 1 unspecified atom stereocenters. The minimum Gasteiger partial charge on any atom is -0.373 e. The number of aromatic nitrogens is 1. The van der Waals surface area contributed by atoms with E-state index in [1.807, 2.05) is 4.90 Å². The zero-order chi connectivity index (χ0) is 14.0. The largest absolute Gasteiger partial charge is 0.373 e. The summed E-state index contributed by atoms with van der Waals surface area (Å²) < 4.78 is 0. The van der Waals surface area contributed by atoms with Crippen LogP contribution in [0.25, 0.3) is 0 Å². The number of likely N-dealkylation sites (tertiary alicyclic amines) is 1. The van der Waals surface area contributed by atoms with Gasteiger partial charge < -0.3 is 10.2 Å². The predicted octanol–water partition coefficient (Wildman–Crippen LogP) is 3.04. The summed E-state index contributed by atoms with van der Waals surface area (Å²) >= 11 is 5.96. The molecule has 1 N–H and O–H groups in total. The highest BCUT2D eigenvalue weighted by molar-refractivity contribution is 6.29. The van der Waals surface area contributed by atoms with Crippen LogP contribution in [0.3, 0.4) is 0 Å². The Morgan fingerprint density at radius 2 is 2.26 bits per heavy atom. The highest BCUT2D eigenvalue weighted by atomic mass is 35.5. The third-order valence-corrected chi connectivity index (χ3v) is 3.82. The van der Waals surface area contributed by atoms with E-state index in [2.05, 4.69) is 24.1 Å². The van der Waals surface area contributed by atoms with E-state index >= 15 is 0 Å². The van der Waals surface area contributed by atoms with Gasteiger partial charge in [0.05, 0.1) is 0 Å². The molecule has 2 rings (SSSR count). The molecular formula is C14H20ClN3O. The fraction of sp³-hybridized carbons (Fsp3) is 0.571. The van der Waals surface area contributed by atoms with E-state index in [1.54, 1.807) is 19.2 Å². The third kappa shape index (κ3) is 3.00. The van der Waals surface area contributed by atoms with Gasteiger partial charge in [0.1, 0.15) is 11.0 Å². The first-order valence-corrected chi connectivity index (χ1v) is 7.07. The number of hydrogen-bond donors (Lipinski definition) is 1. The van der Waals surface area contributed by atoms with Crippen molar-refractivity contribution in [2.75, 3.05) is 18.9 Å². The van der Waals surface area contributed by atoms with Crippen LogP contribution in [-0.4, -0.2) is 35.4 Å². The Balaban J connectivity index is 2.26. The number of carbonyl (C=O) groups is 1. The standard InChI is InChI=1S/C14H20ClN3O/c1-9(2)11-5-4-6-18(11)14(19)10-7-12(15)17-13(8-10)16-3/h7-9,11H,4-6H2,1-3H3,(H,16,17). The second kappa shape index (κ2) is 5.78. The summed E-state index contributed by atoms with van der Waals surface area (Å²) in [6.07, 6.45) is 2.16. The van der Waals surface area contributed by atoms with Crippen molar-refractivity contribution in [1.82, 2.24) is 9.88 Å². The number of nitrogens with one attached hydrogen (secondary N) is 1. The molecule has 1 aliphatic rings. The van der Waals surface area contributed by atoms with Crippen molar-refractivity contribution in [3.8, 4) is 0 Å². The molecule has 0 spiro atoms. The summed E-state index contributed by atoms with van der Waals surface area (Å²) in [7, 11) is 1.76. The maximum absolute atomic E-state index is 12.6. The van der Waals surface area contributed by atoms with E-state index in [0.29, 0.717) is 28.5 Å². The van der Waals surface area contributed by atoms with Gasteiger partial charge in [0.15, 0.2) is 0 Å². The molecule has 0 aliphatic carbocycles. The van der Waals surface area contributed by atoms with E-state index in [0.717, 1.165) is 19.4 Å². The zero-order valence-electron chi connectivity index (χ0n) is 11.6. The lowest BCUT2D eigenvalue weighted by Gasteiger charge is -2.27. The second-order valence-electron chi connectivity index (χ2n) is 5.27. The number of rotatable bonds is 3. The highest BCUT2D eigenvalue weighted by Gasteiger charge is 2.31. The van der Waals surface area contributed by atoms with Gasteiger partial charge >= 0.3 is 0 Å². The first kappa shape index (κ1) is 14.1. The molecule has 1 saturated heterocycles. The van der Waals surface area contributed by atoms with Crippen molar-refractivity contribution >= 4 is 23.3 Å². The van der Waals surface area contributed by atoms with Crippen LogP contribution in [0.1, 0.15) is 37.0 Å². The quantitative estimate of drug-likeness (QED) is 0.866. The van der Waals surface area contributed by atoms with Gasteiger partial charge in [-0.3, -0.25) is 4.79 Å². The molecule has 104 valence electrons. The Morgan fingerprint density at radius 3 is 2.89 bits per heavy atom. The van der Waals surface area contributed by atoms with Crippen molar-refractivity contribution in [1.29, 1.82) is 0 Å². The van der Waals surface area contributed by atoms with Crippen LogP contribution in [0, 0.1) is 5.92 Å². The van der Waals surface area contributed by atoms with E-state index in [1.165, 1.54) is 0 Å². The van der Waals surface area contributed by atoms with Crippen LogP contribution < -0.4 is 5.32 Å². The zero-order valence-corrected chi connectivity index (χ0v) is 12.4. The monoisotopic (exact) mass is 281 g/mol. The molecule has 4 nitrogen and oxygen atoms in total. The minimum atomic E-state index is 0.0528. The number of nitrogens with zero attached hydrogens (tertiary/aromatic N) is 2. The molecule has 0 bridgehead atoms. The number of carbonyl (C=O) groups excluding carboxylic acids is 1. The summed E-state index contributed by atoms with van der Waals surface area (Å²) in [6, 6.07) is 3.72.